The van der Waals surface area contributed by atoms with Gasteiger partial charge in [-0.1, -0.05) is 12.1 Å². The number of aryl methyl sites for hydroxylation is 1. The lowest BCUT2D eigenvalue weighted by atomic mass is 10.2. The SMILES string of the molecule is CCc1noc([C@@H](C)N2CCNC(=O)C2)n1. The number of hydrogen-bond acceptors (Lipinski definition) is 5. The third kappa shape index (κ3) is 2.21. The summed E-state index contributed by atoms with van der Waals surface area (Å²) in [6.07, 6.45) is 0.761. The van der Waals surface area contributed by atoms with E-state index < -0.39 is 0 Å². The van der Waals surface area contributed by atoms with E-state index in [9.17, 15) is 4.79 Å². The van der Waals surface area contributed by atoms with Gasteiger partial charge in [0.15, 0.2) is 5.82 Å². The van der Waals surface area contributed by atoms with Crippen LogP contribution in [0.1, 0.15) is 31.6 Å². The summed E-state index contributed by atoms with van der Waals surface area (Å²) in [5.74, 6) is 1.35. The molecule has 1 amide bonds. The summed E-state index contributed by atoms with van der Waals surface area (Å²) in [5.41, 5.74) is 0. The van der Waals surface area contributed by atoms with Crippen LogP contribution in [0, 0.1) is 0 Å². The molecule has 2 rings (SSSR count). The van der Waals surface area contributed by atoms with Crippen LogP contribution in [0.2, 0.25) is 0 Å². The van der Waals surface area contributed by atoms with Crippen LogP contribution in [-0.2, 0) is 11.2 Å². The molecule has 0 aromatic carbocycles. The van der Waals surface area contributed by atoms with E-state index in [2.05, 4.69) is 15.5 Å². The minimum Gasteiger partial charge on any atom is -0.354 e. The smallest absolute Gasteiger partial charge is 0.243 e. The van der Waals surface area contributed by atoms with E-state index in [1.165, 1.54) is 0 Å². The van der Waals surface area contributed by atoms with Gasteiger partial charge >= 0.3 is 0 Å². The number of carbonyl (C=O) groups is 1. The topological polar surface area (TPSA) is 71.3 Å². The Hall–Kier alpha value is -1.43. The maximum Gasteiger partial charge on any atom is 0.243 e. The van der Waals surface area contributed by atoms with Gasteiger partial charge in [0.05, 0.1) is 12.6 Å². The number of carbonyl (C=O) groups excluding carboxylic acids is 1. The molecule has 0 saturated carbocycles. The van der Waals surface area contributed by atoms with E-state index >= 15 is 0 Å². The zero-order valence-corrected chi connectivity index (χ0v) is 9.56. The molecule has 1 aliphatic heterocycles. The molecule has 1 fully saturated rings. The number of hydrogen-bond donors (Lipinski definition) is 1. The monoisotopic (exact) mass is 224 g/mol. The first-order chi connectivity index (χ1) is 7.70. The van der Waals surface area contributed by atoms with Crippen molar-refractivity contribution in [2.45, 2.75) is 26.3 Å². The Morgan fingerprint density at radius 2 is 2.44 bits per heavy atom. The molecule has 1 aromatic heterocycles. The molecule has 6 heteroatoms. The maximum absolute atomic E-state index is 11.3. The molecule has 2 heterocycles. The maximum atomic E-state index is 11.3. The predicted octanol–water partition coefficient (Wildman–Crippen LogP) is 0.125. The highest BCUT2D eigenvalue weighted by molar-refractivity contribution is 5.78. The Labute approximate surface area is 94.0 Å². The molecule has 16 heavy (non-hydrogen) atoms. The average molecular weight is 224 g/mol. The van der Waals surface area contributed by atoms with Crippen molar-refractivity contribution in [1.82, 2.24) is 20.4 Å². The van der Waals surface area contributed by atoms with Gasteiger partial charge in [0.2, 0.25) is 11.8 Å². The van der Waals surface area contributed by atoms with Crippen LogP contribution in [0.5, 0.6) is 0 Å². The predicted molar refractivity (Wildman–Crippen MR) is 56.7 cm³/mol. The highest BCUT2D eigenvalue weighted by Gasteiger charge is 2.25. The van der Waals surface area contributed by atoms with E-state index in [4.69, 9.17) is 4.52 Å². The molecule has 1 aliphatic rings. The third-order valence-corrected chi connectivity index (χ3v) is 2.77. The molecule has 1 saturated heterocycles. The van der Waals surface area contributed by atoms with Crippen LogP contribution < -0.4 is 5.32 Å². The summed E-state index contributed by atoms with van der Waals surface area (Å²) >= 11 is 0. The van der Waals surface area contributed by atoms with Crippen molar-refractivity contribution in [3.63, 3.8) is 0 Å². The molecular weight excluding hydrogens is 208 g/mol. The zero-order chi connectivity index (χ0) is 11.5. The molecule has 0 unspecified atom stereocenters. The summed E-state index contributed by atoms with van der Waals surface area (Å²) in [5, 5.41) is 6.64. The Bertz CT molecular complexity index is 377. The number of piperazine rings is 1. The number of nitrogens with one attached hydrogen (secondary N) is 1. The van der Waals surface area contributed by atoms with Crippen LogP contribution in [-0.4, -0.2) is 40.6 Å². The van der Waals surface area contributed by atoms with Gasteiger partial charge in [-0.05, 0) is 6.92 Å². The minimum atomic E-state index is -0.00106. The largest absolute Gasteiger partial charge is 0.354 e. The van der Waals surface area contributed by atoms with Crippen molar-refractivity contribution in [1.29, 1.82) is 0 Å². The lowest BCUT2D eigenvalue weighted by molar-refractivity contribution is -0.125. The molecule has 6 nitrogen and oxygen atoms in total. The second kappa shape index (κ2) is 4.61. The van der Waals surface area contributed by atoms with Crippen LogP contribution >= 0.6 is 0 Å². The van der Waals surface area contributed by atoms with E-state index in [1.54, 1.807) is 0 Å². The standard InChI is InChI=1S/C10H16N4O2/c1-3-8-12-10(16-13-8)7(2)14-5-4-11-9(15)6-14/h7H,3-6H2,1-2H3,(H,11,15)/t7-/m1/s1. The number of amides is 1. The Kier molecular flexibility index (Phi) is 3.19. The highest BCUT2D eigenvalue weighted by Crippen LogP contribution is 2.18. The van der Waals surface area contributed by atoms with Crippen LogP contribution in [0.15, 0.2) is 4.52 Å². The fourth-order valence-corrected chi connectivity index (χ4v) is 1.73. The van der Waals surface area contributed by atoms with Gasteiger partial charge in [-0.3, -0.25) is 9.69 Å². The normalized spacial score (nSPS) is 19.5. The van der Waals surface area contributed by atoms with Gasteiger partial charge in [0.1, 0.15) is 0 Å². The molecule has 1 aromatic rings. The summed E-state index contributed by atoms with van der Waals surface area (Å²) in [4.78, 5) is 17.6. The molecule has 1 atom stereocenters. The molecule has 0 spiro atoms. The van der Waals surface area contributed by atoms with Crippen molar-refractivity contribution in [3.8, 4) is 0 Å². The number of aromatic nitrogens is 2. The highest BCUT2D eigenvalue weighted by atomic mass is 16.5. The third-order valence-electron chi connectivity index (χ3n) is 2.77. The molecule has 0 aliphatic carbocycles. The quantitative estimate of drug-likeness (QED) is 0.790. The first-order valence-corrected chi connectivity index (χ1v) is 5.54. The fourth-order valence-electron chi connectivity index (χ4n) is 1.73. The molecule has 1 N–H and O–H groups in total. The lowest BCUT2D eigenvalue weighted by Crippen LogP contribution is -2.48. The fraction of sp³-hybridized carbons (Fsp3) is 0.700. The van der Waals surface area contributed by atoms with Gasteiger partial charge in [-0.15, -0.1) is 0 Å². The van der Waals surface area contributed by atoms with Crippen molar-refractivity contribution in [2.24, 2.45) is 0 Å². The van der Waals surface area contributed by atoms with Crippen LogP contribution in [0.4, 0.5) is 0 Å². The average Bonchev–Trinajstić information content (AvgIpc) is 2.76. The molecule has 0 radical (unpaired) electrons. The van der Waals surface area contributed by atoms with Crippen molar-refractivity contribution >= 4 is 5.91 Å². The van der Waals surface area contributed by atoms with Crippen molar-refractivity contribution in [2.75, 3.05) is 19.6 Å². The summed E-state index contributed by atoms with van der Waals surface area (Å²) in [7, 11) is 0. The van der Waals surface area contributed by atoms with Gasteiger partial charge in [-0.25, -0.2) is 0 Å². The zero-order valence-electron chi connectivity index (χ0n) is 9.56. The number of rotatable bonds is 3. The second-order valence-electron chi connectivity index (χ2n) is 3.90. The van der Waals surface area contributed by atoms with Gasteiger partial charge in [-0.2, -0.15) is 4.98 Å². The Morgan fingerprint density at radius 1 is 1.62 bits per heavy atom. The van der Waals surface area contributed by atoms with Crippen molar-refractivity contribution < 1.29 is 9.32 Å². The Morgan fingerprint density at radius 3 is 3.06 bits per heavy atom. The lowest BCUT2D eigenvalue weighted by Gasteiger charge is -2.29. The minimum absolute atomic E-state index is 0.00106. The molecule has 88 valence electrons. The van der Waals surface area contributed by atoms with E-state index in [0.29, 0.717) is 24.8 Å². The van der Waals surface area contributed by atoms with E-state index in [0.717, 1.165) is 13.0 Å². The summed E-state index contributed by atoms with van der Waals surface area (Å²) in [6, 6.07) is -0.00106. The summed E-state index contributed by atoms with van der Waals surface area (Å²) < 4.78 is 5.17. The van der Waals surface area contributed by atoms with Gasteiger partial charge in [0, 0.05) is 19.5 Å². The van der Waals surface area contributed by atoms with E-state index in [-0.39, 0.29) is 11.9 Å². The second-order valence-corrected chi connectivity index (χ2v) is 3.90. The molecule has 0 bridgehead atoms. The summed E-state index contributed by atoms with van der Waals surface area (Å²) in [6.45, 7) is 5.85. The van der Waals surface area contributed by atoms with Crippen LogP contribution in [0.3, 0.4) is 0 Å². The number of nitrogens with zero attached hydrogens (tertiary/aromatic N) is 3. The first-order valence-electron chi connectivity index (χ1n) is 5.54. The Balaban J connectivity index is 2.05. The van der Waals surface area contributed by atoms with E-state index in [1.807, 2.05) is 18.7 Å². The van der Waals surface area contributed by atoms with Crippen molar-refractivity contribution in [3.05, 3.63) is 11.7 Å². The first kappa shape index (κ1) is 11.1. The van der Waals surface area contributed by atoms with Gasteiger partial charge < -0.3 is 9.84 Å². The molecular formula is C10H16N4O2. The van der Waals surface area contributed by atoms with Gasteiger partial charge in [0.25, 0.3) is 0 Å². The van der Waals surface area contributed by atoms with Crippen LogP contribution in [0.25, 0.3) is 0 Å².